The number of carbonyl (C=O) groups excluding carboxylic acids is 1. The van der Waals surface area contributed by atoms with Gasteiger partial charge in [-0.15, -0.1) is 0 Å². The SMILES string of the molecule is CCC1CC1NC(=O)NC(C)CCCC(=O)O. The molecule has 1 aliphatic rings. The summed E-state index contributed by atoms with van der Waals surface area (Å²) < 4.78 is 0. The lowest BCUT2D eigenvalue weighted by molar-refractivity contribution is -0.137. The lowest BCUT2D eigenvalue weighted by Crippen LogP contribution is -2.42. The Morgan fingerprint density at radius 1 is 1.47 bits per heavy atom. The van der Waals surface area contributed by atoms with Gasteiger partial charge in [0.25, 0.3) is 0 Å². The van der Waals surface area contributed by atoms with Gasteiger partial charge >= 0.3 is 12.0 Å². The second kappa shape index (κ2) is 6.47. The molecule has 2 amide bonds. The van der Waals surface area contributed by atoms with Crippen molar-refractivity contribution < 1.29 is 14.7 Å². The molecule has 5 heteroatoms. The van der Waals surface area contributed by atoms with Gasteiger partial charge in [-0.05, 0) is 32.1 Å². The summed E-state index contributed by atoms with van der Waals surface area (Å²) in [6, 6.07) is 0.230. The summed E-state index contributed by atoms with van der Waals surface area (Å²) in [6.45, 7) is 4.02. The number of urea groups is 1. The molecule has 1 saturated carbocycles. The van der Waals surface area contributed by atoms with E-state index in [2.05, 4.69) is 17.6 Å². The average Bonchev–Trinajstić information content (AvgIpc) is 2.95. The number of amides is 2. The second-order valence-electron chi connectivity index (χ2n) is 4.82. The van der Waals surface area contributed by atoms with Gasteiger partial charge in [0.2, 0.25) is 0 Å². The van der Waals surface area contributed by atoms with Crippen molar-refractivity contribution in [2.24, 2.45) is 5.92 Å². The van der Waals surface area contributed by atoms with Crippen molar-refractivity contribution in [2.45, 2.75) is 58.0 Å². The lowest BCUT2D eigenvalue weighted by atomic mass is 10.1. The van der Waals surface area contributed by atoms with Crippen molar-refractivity contribution in [1.82, 2.24) is 10.6 Å². The fourth-order valence-electron chi connectivity index (χ4n) is 1.94. The highest BCUT2D eigenvalue weighted by Crippen LogP contribution is 2.32. The van der Waals surface area contributed by atoms with Crippen molar-refractivity contribution in [3.63, 3.8) is 0 Å². The van der Waals surface area contributed by atoms with E-state index in [9.17, 15) is 9.59 Å². The van der Waals surface area contributed by atoms with E-state index in [1.165, 1.54) is 0 Å². The Morgan fingerprint density at radius 2 is 2.18 bits per heavy atom. The highest BCUT2D eigenvalue weighted by molar-refractivity contribution is 5.75. The van der Waals surface area contributed by atoms with Crippen LogP contribution in [0.4, 0.5) is 4.79 Å². The molecule has 3 atom stereocenters. The van der Waals surface area contributed by atoms with Crippen LogP contribution in [0, 0.1) is 5.92 Å². The largest absolute Gasteiger partial charge is 0.481 e. The van der Waals surface area contributed by atoms with Gasteiger partial charge in [-0.2, -0.15) is 0 Å². The van der Waals surface area contributed by atoms with Crippen LogP contribution in [-0.4, -0.2) is 29.2 Å². The third-order valence-corrected chi connectivity index (χ3v) is 3.17. The molecule has 0 radical (unpaired) electrons. The van der Waals surface area contributed by atoms with E-state index < -0.39 is 5.97 Å². The van der Waals surface area contributed by atoms with Crippen LogP contribution in [0.1, 0.15) is 46.0 Å². The van der Waals surface area contributed by atoms with Crippen molar-refractivity contribution in [1.29, 1.82) is 0 Å². The van der Waals surface area contributed by atoms with Gasteiger partial charge in [-0.3, -0.25) is 4.79 Å². The molecular weight excluding hydrogens is 220 g/mol. The fourth-order valence-corrected chi connectivity index (χ4v) is 1.94. The predicted octanol–water partition coefficient (Wildman–Crippen LogP) is 1.73. The van der Waals surface area contributed by atoms with Crippen LogP contribution in [0.2, 0.25) is 0 Å². The summed E-state index contributed by atoms with van der Waals surface area (Å²) in [7, 11) is 0. The molecule has 1 rings (SSSR count). The monoisotopic (exact) mass is 242 g/mol. The maximum absolute atomic E-state index is 11.5. The summed E-state index contributed by atoms with van der Waals surface area (Å²) in [6.07, 6.45) is 3.64. The number of hydrogen-bond donors (Lipinski definition) is 3. The Bertz CT molecular complexity index is 281. The quantitative estimate of drug-likeness (QED) is 0.636. The predicted molar refractivity (Wildman–Crippen MR) is 64.8 cm³/mol. The molecule has 1 fully saturated rings. The first kappa shape index (κ1) is 13.8. The third-order valence-electron chi connectivity index (χ3n) is 3.17. The van der Waals surface area contributed by atoms with Gasteiger partial charge in [0.15, 0.2) is 0 Å². The number of carboxylic acids is 1. The highest BCUT2D eigenvalue weighted by Gasteiger charge is 2.36. The molecule has 0 aromatic heterocycles. The minimum Gasteiger partial charge on any atom is -0.481 e. The third kappa shape index (κ3) is 5.56. The Morgan fingerprint density at radius 3 is 2.71 bits per heavy atom. The van der Waals surface area contributed by atoms with Gasteiger partial charge < -0.3 is 15.7 Å². The number of carboxylic acid groups (broad SMARTS) is 1. The van der Waals surface area contributed by atoms with Crippen molar-refractivity contribution in [2.75, 3.05) is 0 Å². The molecule has 0 aromatic carbocycles. The molecule has 3 unspecified atom stereocenters. The van der Waals surface area contributed by atoms with Crippen LogP contribution < -0.4 is 10.6 Å². The molecule has 0 spiro atoms. The van der Waals surface area contributed by atoms with Gasteiger partial charge in [0, 0.05) is 18.5 Å². The van der Waals surface area contributed by atoms with E-state index in [1.54, 1.807) is 0 Å². The molecule has 1 aliphatic carbocycles. The van der Waals surface area contributed by atoms with Gasteiger partial charge in [0.1, 0.15) is 0 Å². The standard InChI is InChI=1S/C12H22N2O3/c1-3-9-7-10(9)14-12(17)13-8(2)5-4-6-11(15)16/h8-10H,3-7H2,1-2H3,(H,15,16)(H2,13,14,17). The summed E-state index contributed by atoms with van der Waals surface area (Å²) in [5.41, 5.74) is 0. The first-order valence-electron chi connectivity index (χ1n) is 6.31. The smallest absolute Gasteiger partial charge is 0.315 e. The maximum atomic E-state index is 11.5. The maximum Gasteiger partial charge on any atom is 0.315 e. The Balaban J connectivity index is 2.07. The minimum absolute atomic E-state index is 0.0215. The second-order valence-corrected chi connectivity index (χ2v) is 4.82. The van der Waals surface area contributed by atoms with E-state index in [4.69, 9.17) is 5.11 Å². The Labute approximate surface area is 102 Å². The molecule has 0 aliphatic heterocycles. The summed E-state index contributed by atoms with van der Waals surface area (Å²) >= 11 is 0. The number of rotatable bonds is 7. The molecule has 0 aromatic rings. The molecule has 17 heavy (non-hydrogen) atoms. The first-order chi connectivity index (χ1) is 8.02. The molecule has 0 heterocycles. The molecule has 5 nitrogen and oxygen atoms in total. The fraction of sp³-hybridized carbons (Fsp3) is 0.833. The number of carbonyl (C=O) groups is 2. The van der Waals surface area contributed by atoms with Crippen molar-refractivity contribution >= 4 is 12.0 Å². The first-order valence-corrected chi connectivity index (χ1v) is 6.31. The summed E-state index contributed by atoms with van der Waals surface area (Å²) in [5, 5.41) is 14.2. The van der Waals surface area contributed by atoms with Crippen molar-refractivity contribution in [3.05, 3.63) is 0 Å². The van der Waals surface area contributed by atoms with Crippen LogP contribution in [0.3, 0.4) is 0 Å². The topological polar surface area (TPSA) is 78.4 Å². The van der Waals surface area contributed by atoms with Crippen LogP contribution in [0.15, 0.2) is 0 Å². The van der Waals surface area contributed by atoms with E-state index >= 15 is 0 Å². The van der Waals surface area contributed by atoms with E-state index in [0.717, 1.165) is 12.8 Å². The summed E-state index contributed by atoms with van der Waals surface area (Å²) in [4.78, 5) is 21.9. The lowest BCUT2D eigenvalue weighted by Gasteiger charge is -2.14. The van der Waals surface area contributed by atoms with Gasteiger partial charge in [-0.25, -0.2) is 4.79 Å². The molecule has 3 N–H and O–H groups in total. The van der Waals surface area contributed by atoms with Crippen LogP contribution in [-0.2, 0) is 4.79 Å². The average molecular weight is 242 g/mol. The van der Waals surface area contributed by atoms with E-state index in [-0.39, 0.29) is 18.5 Å². The Hall–Kier alpha value is -1.26. The highest BCUT2D eigenvalue weighted by atomic mass is 16.4. The minimum atomic E-state index is -0.787. The van der Waals surface area contributed by atoms with Crippen LogP contribution >= 0.6 is 0 Å². The van der Waals surface area contributed by atoms with Gasteiger partial charge in [0.05, 0.1) is 0 Å². The number of aliphatic carboxylic acids is 1. The normalized spacial score (nSPS) is 23.9. The molecule has 0 saturated heterocycles. The Kier molecular flexibility index (Phi) is 5.25. The van der Waals surface area contributed by atoms with E-state index in [1.807, 2.05) is 6.92 Å². The molecule has 98 valence electrons. The number of hydrogen-bond acceptors (Lipinski definition) is 2. The van der Waals surface area contributed by atoms with Gasteiger partial charge in [-0.1, -0.05) is 13.3 Å². The van der Waals surface area contributed by atoms with E-state index in [0.29, 0.717) is 24.8 Å². The summed E-state index contributed by atoms with van der Waals surface area (Å²) in [5.74, 6) is -0.145. The zero-order chi connectivity index (χ0) is 12.8. The zero-order valence-corrected chi connectivity index (χ0v) is 10.5. The molecular formula is C12H22N2O3. The molecule has 0 bridgehead atoms. The van der Waals surface area contributed by atoms with Crippen LogP contribution in [0.25, 0.3) is 0 Å². The van der Waals surface area contributed by atoms with Crippen LogP contribution in [0.5, 0.6) is 0 Å². The van der Waals surface area contributed by atoms with Crippen molar-refractivity contribution in [3.8, 4) is 0 Å². The number of nitrogens with one attached hydrogen (secondary N) is 2. The zero-order valence-electron chi connectivity index (χ0n) is 10.5.